The zero-order valence-corrected chi connectivity index (χ0v) is 19.6. The van der Waals surface area contributed by atoms with Gasteiger partial charge in [-0.15, -0.1) is 0 Å². The maximum Gasteiger partial charge on any atom is 0.286 e. The molecule has 0 spiro atoms. The molecule has 170 valence electrons. The molecule has 1 aliphatic heterocycles. The maximum absolute atomic E-state index is 12.5. The molecule has 0 radical (unpaired) electrons. The number of nitrogens with zero attached hydrogens (tertiary/aromatic N) is 1. The van der Waals surface area contributed by atoms with E-state index in [-0.39, 0.29) is 28.9 Å². The van der Waals surface area contributed by atoms with Crippen LogP contribution < -0.4 is 5.32 Å². The van der Waals surface area contributed by atoms with E-state index in [1.54, 1.807) is 12.1 Å². The van der Waals surface area contributed by atoms with E-state index in [0.717, 1.165) is 49.0 Å². The van der Waals surface area contributed by atoms with Gasteiger partial charge < -0.3 is 14.6 Å². The Kier molecular flexibility index (Phi) is 7.94. The van der Waals surface area contributed by atoms with Crippen LogP contribution in [0.15, 0.2) is 40.8 Å². The molecule has 2 aromatic rings. The van der Waals surface area contributed by atoms with Crippen molar-refractivity contribution in [3.05, 3.63) is 59.0 Å². The fourth-order valence-electron chi connectivity index (χ4n) is 4.35. The highest BCUT2D eigenvalue weighted by Crippen LogP contribution is 2.21. The lowest BCUT2D eigenvalue weighted by Gasteiger charge is -2.34. The van der Waals surface area contributed by atoms with Crippen molar-refractivity contribution in [1.29, 1.82) is 0 Å². The average Bonchev–Trinajstić information content (AvgIpc) is 3.14. The molecule has 2 atom stereocenters. The zero-order valence-electron chi connectivity index (χ0n) is 18.8. The summed E-state index contributed by atoms with van der Waals surface area (Å²) in [6, 6.07) is 10.5. The number of rotatable bonds is 9. The van der Waals surface area contributed by atoms with Gasteiger partial charge in [0.15, 0.2) is 15.6 Å². The number of benzene rings is 1. The normalized spacial score (nSPS) is 20.0. The Morgan fingerprint density at radius 2 is 1.74 bits per heavy atom. The SMILES string of the molecule is Cc1ccc(CS(=O)(=O)Cc2ccc(C(=O)NCCCN3C[C@H](C)C[C@@H](C)C3)o2)cc1. The maximum atomic E-state index is 12.5. The van der Waals surface area contributed by atoms with Gasteiger partial charge in [-0.25, -0.2) is 8.42 Å². The number of piperidine rings is 1. The molecule has 0 aliphatic carbocycles. The summed E-state index contributed by atoms with van der Waals surface area (Å²) in [4.78, 5) is 14.8. The molecular weight excluding hydrogens is 412 g/mol. The Morgan fingerprint density at radius 1 is 1.06 bits per heavy atom. The van der Waals surface area contributed by atoms with Crippen LogP contribution in [0, 0.1) is 18.8 Å². The number of hydrogen-bond acceptors (Lipinski definition) is 5. The second kappa shape index (κ2) is 10.5. The summed E-state index contributed by atoms with van der Waals surface area (Å²) in [6.07, 6.45) is 2.17. The van der Waals surface area contributed by atoms with E-state index in [0.29, 0.717) is 6.54 Å². The Bertz CT molecular complexity index is 956. The first-order valence-electron chi connectivity index (χ1n) is 11.1. The first kappa shape index (κ1) is 23.5. The third-order valence-electron chi connectivity index (χ3n) is 5.64. The van der Waals surface area contributed by atoms with Gasteiger partial charge in [0.25, 0.3) is 5.91 Å². The molecule has 1 aromatic heterocycles. The number of amides is 1. The lowest BCUT2D eigenvalue weighted by Crippen LogP contribution is -2.40. The molecule has 0 bridgehead atoms. The Hall–Kier alpha value is -2.12. The monoisotopic (exact) mass is 446 g/mol. The largest absolute Gasteiger partial charge is 0.455 e. The molecular formula is C24H34N2O4S. The van der Waals surface area contributed by atoms with Crippen molar-refractivity contribution in [3.8, 4) is 0 Å². The molecule has 1 N–H and O–H groups in total. The summed E-state index contributed by atoms with van der Waals surface area (Å²) in [7, 11) is -3.39. The van der Waals surface area contributed by atoms with Crippen molar-refractivity contribution >= 4 is 15.7 Å². The molecule has 6 nitrogen and oxygen atoms in total. The van der Waals surface area contributed by atoms with Gasteiger partial charge in [-0.2, -0.15) is 0 Å². The number of carbonyl (C=O) groups excluding carboxylic acids is 1. The van der Waals surface area contributed by atoms with Crippen LogP contribution in [0.1, 0.15) is 54.1 Å². The summed E-state index contributed by atoms with van der Waals surface area (Å²) in [6.45, 7) is 10.3. The second-order valence-corrected chi connectivity index (χ2v) is 11.2. The van der Waals surface area contributed by atoms with Crippen molar-refractivity contribution in [1.82, 2.24) is 10.2 Å². The zero-order chi connectivity index (χ0) is 22.4. The minimum Gasteiger partial charge on any atom is -0.455 e. The molecule has 7 heteroatoms. The highest BCUT2D eigenvalue weighted by molar-refractivity contribution is 7.89. The molecule has 2 heterocycles. The van der Waals surface area contributed by atoms with Crippen molar-refractivity contribution in [2.75, 3.05) is 26.2 Å². The van der Waals surface area contributed by atoms with Gasteiger partial charge in [0.05, 0.1) is 5.75 Å². The van der Waals surface area contributed by atoms with E-state index in [4.69, 9.17) is 4.42 Å². The minimum absolute atomic E-state index is 0.0523. The molecule has 1 amide bonds. The van der Waals surface area contributed by atoms with Gasteiger partial charge in [-0.05, 0) is 55.8 Å². The van der Waals surface area contributed by atoms with Gasteiger partial charge in [0, 0.05) is 19.6 Å². The molecule has 0 saturated carbocycles. The Labute approximate surface area is 185 Å². The third-order valence-corrected chi connectivity index (χ3v) is 7.13. The lowest BCUT2D eigenvalue weighted by molar-refractivity contribution is 0.0918. The summed E-state index contributed by atoms with van der Waals surface area (Å²) >= 11 is 0. The van der Waals surface area contributed by atoms with Crippen LogP contribution in [0.25, 0.3) is 0 Å². The molecule has 31 heavy (non-hydrogen) atoms. The van der Waals surface area contributed by atoms with Gasteiger partial charge in [0.1, 0.15) is 11.5 Å². The van der Waals surface area contributed by atoms with Crippen LogP contribution in [-0.4, -0.2) is 45.4 Å². The third kappa shape index (κ3) is 7.51. The molecule has 0 unspecified atom stereocenters. The van der Waals surface area contributed by atoms with Gasteiger partial charge >= 0.3 is 0 Å². The van der Waals surface area contributed by atoms with E-state index in [2.05, 4.69) is 24.1 Å². The van der Waals surface area contributed by atoms with Crippen LogP contribution in [-0.2, 0) is 21.3 Å². The number of sulfone groups is 1. The number of nitrogens with one attached hydrogen (secondary N) is 1. The van der Waals surface area contributed by atoms with Crippen molar-refractivity contribution < 1.29 is 17.6 Å². The predicted molar refractivity (Wildman–Crippen MR) is 123 cm³/mol. The summed E-state index contributed by atoms with van der Waals surface area (Å²) in [5.74, 6) is 1.31. The Morgan fingerprint density at radius 3 is 2.42 bits per heavy atom. The summed E-state index contributed by atoms with van der Waals surface area (Å²) in [5, 5.41) is 2.87. The number of carbonyl (C=O) groups is 1. The topological polar surface area (TPSA) is 79.6 Å². The average molecular weight is 447 g/mol. The first-order chi connectivity index (χ1) is 14.7. The Balaban J connectivity index is 1.44. The van der Waals surface area contributed by atoms with Crippen LogP contribution in [0.4, 0.5) is 0 Å². The fourth-order valence-corrected chi connectivity index (χ4v) is 5.74. The van der Waals surface area contributed by atoms with Crippen molar-refractivity contribution in [3.63, 3.8) is 0 Å². The lowest BCUT2D eigenvalue weighted by atomic mass is 9.92. The minimum atomic E-state index is -3.39. The van der Waals surface area contributed by atoms with E-state index in [9.17, 15) is 13.2 Å². The quantitative estimate of drug-likeness (QED) is 0.593. The first-order valence-corrected chi connectivity index (χ1v) is 12.9. The van der Waals surface area contributed by atoms with E-state index < -0.39 is 9.84 Å². The van der Waals surface area contributed by atoms with Crippen molar-refractivity contribution in [2.24, 2.45) is 11.8 Å². The molecule has 1 aromatic carbocycles. The van der Waals surface area contributed by atoms with E-state index in [1.807, 2.05) is 31.2 Å². The highest BCUT2D eigenvalue weighted by atomic mass is 32.2. The number of aryl methyl sites for hydroxylation is 1. The van der Waals surface area contributed by atoms with Gasteiger partial charge in [-0.3, -0.25) is 4.79 Å². The summed E-state index contributed by atoms with van der Waals surface area (Å²) < 4.78 is 30.5. The van der Waals surface area contributed by atoms with Crippen LogP contribution in [0.5, 0.6) is 0 Å². The van der Waals surface area contributed by atoms with Crippen LogP contribution >= 0.6 is 0 Å². The number of furan rings is 1. The highest BCUT2D eigenvalue weighted by Gasteiger charge is 2.21. The fraction of sp³-hybridized carbons (Fsp3) is 0.542. The van der Waals surface area contributed by atoms with E-state index in [1.165, 1.54) is 6.42 Å². The molecule has 1 saturated heterocycles. The van der Waals surface area contributed by atoms with Crippen LogP contribution in [0.2, 0.25) is 0 Å². The second-order valence-electron chi connectivity index (χ2n) is 9.10. The number of hydrogen-bond donors (Lipinski definition) is 1. The molecule has 3 rings (SSSR count). The van der Waals surface area contributed by atoms with E-state index >= 15 is 0 Å². The summed E-state index contributed by atoms with van der Waals surface area (Å²) in [5.41, 5.74) is 1.83. The standard InChI is InChI=1S/C24H34N2O4S/c1-18-5-7-21(8-6-18)16-31(28,29)17-22-9-10-23(30-22)24(27)25-11-4-12-26-14-19(2)13-20(3)15-26/h5-10,19-20H,4,11-17H2,1-3H3,(H,25,27)/t19-,20-/m1/s1. The van der Waals surface area contributed by atoms with Crippen LogP contribution in [0.3, 0.4) is 0 Å². The molecule has 1 aliphatic rings. The van der Waals surface area contributed by atoms with Crippen molar-refractivity contribution in [2.45, 2.75) is 45.1 Å². The smallest absolute Gasteiger partial charge is 0.286 e. The predicted octanol–water partition coefficient (Wildman–Crippen LogP) is 3.80. The number of likely N-dealkylation sites (tertiary alicyclic amines) is 1. The van der Waals surface area contributed by atoms with Gasteiger partial charge in [-0.1, -0.05) is 43.7 Å². The van der Waals surface area contributed by atoms with Gasteiger partial charge in [0.2, 0.25) is 0 Å². The molecule has 1 fully saturated rings.